The number of benzene rings is 1. The molecule has 4 nitrogen and oxygen atoms in total. The fraction of sp³-hybridized carbons (Fsp3) is 0.600. The molecule has 7 heteroatoms. The van der Waals surface area contributed by atoms with Crippen molar-refractivity contribution in [3.05, 3.63) is 35.4 Å². The number of aliphatic hydroxyl groups excluding tert-OH is 1. The number of fused-ring (bicyclic) bond motifs is 1. The summed E-state index contributed by atoms with van der Waals surface area (Å²) in [5.41, 5.74) is -0.0887. The third-order valence-corrected chi connectivity index (χ3v) is 3.96. The molecule has 2 aliphatic heterocycles. The highest BCUT2D eigenvalue weighted by Gasteiger charge is 2.47. The van der Waals surface area contributed by atoms with Crippen LogP contribution in [0.1, 0.15) is 11.1 Å². The lowest BCUT2D eigenvalue weighted by Gasteiger charge is -2.16. The molecule has 3 rings (SSSR count). The molecule has 1 aromatic carbocycles. The van der Waals surface area contributed by atoms with Gasteiger partial charge in [-0.15, -0.1) is 0 Å². The van der Waals surface area contributed by atoms with Crippen LogP contribution in [-0.4, -0.2) is 49.3 Å². The molecular formula is C15H17F3O4. The van der Waals surface area contributed by atoms with Gasteiger partial charge in [-0.1, -0.05) is 18.2 Å². The average molecular weight is 318 g/mol. The van der Waals surface area contributed by atoms with Crippen LogP contribution in [0, 0.1) is 0 Å². The molecule has 1 aromatic rings. The van der Waals surface area contributed by atoms with Gasteiger partial charge in [0.1, 0.15) is 24.4 Å². The third kappa shape index (κ3) is 3.27. The molecule has 0 unspecified atom stereocenters. The fourth-order valence-electron chi connectivity index (χ4n) is 2.82. The summed E-state index contributed by atoms with van der Waals surface area (Å²) < 4.78 is 54.4. The Balaban J connectivity index is 1.52. The summed E-state index contributed by atoms with van der Waals surface area (Å²) in [5.74, 6) is 0. The lowest BCUT2D eigenvalue weighted by atomic mass is 10.1. The van der Waals surface area contributed by atoms with E-state index in [1.165, 1.54) is 6.07 Å². The molecule has 122 valence electrons. The van der Waals surface area contributed by atoms with Crippen molar-refractivity contribution in [3.63, 3.8) is 0 Å². The van der Waals surface area contributed by atoms with Crippen molar-refractivity contribution in [1.29, 1.82) is 0 Å². The number of aliphatic hydroxyl groups is 1. The number of alkyl halides is 3. The minimum atomic E-state index is -4.34. The first-order valence-electron chi connectivity index (χ1n) is 7.14. The highest BCUT2D eigenvalue weighted by molar-refractivity contribution is 5.25. The Morgan fingerprint density at radius 2 is 1.95 bits per heavy atom. The Morgan fingerprint density at radius 1 is 1.18 bits per heavy atom. The first kappa shape index (κ1) is 15.7. The van der Waals surface area contributed by atoms with Gasteiger partial charge in [0.25, 0.3) is 0 Å². The number of ether oxygens (including phenoxy) is 3. The van der Waals surface area contributed by atoms with Gasteiger partial charge in [-0.2, -0.15) is 13.2 Å². The minimum Gasteiger partial charge on any atom is -0.388 e. The summed E-state index contributed by atoms with van der Waals surface area (Å²) in [6, 6.07) is 5.21. The average Bonchev–Trinajstić information content (AvgIpc) is 3.03. The monoisotopic (exact) mass is 318 g/mol. The summed E-state index contributed by atoms with van der Waals surface area (Å²) in [7, 11) is 0. The van der Waals surface area contributed by atoms with E-state index in [-0.39, 0.29) is 31.5 Å². The molecule has 2 saturated heterocycles. The van der Waals surface area contributed by atoms with Gasteiger partial charge in [-0.3, -0.25) is 0 Å². The van der Waals surface area contributed by atoms with Gasteiger partial charge >= 0.3 is 6.18 Å². The molecule has 0 bridgehead atoms. The normalized spacial score (nSPS) is 31.5. The maximum absolute atomic E-state index is 12.6. The van der Waals surface area contributed by atoms with Crippen LogP contribution in [0.2, 0.25) is 0 Å². The zero-order chi connectivity index (χ0) is 15.7. The van der Waals surface area contributed by atoms with Crippen molar-refractivity contribution in [2.24, 2.45) is 0 Å². The van der Waals surface area contributed by atoms with Crippen molar-refractivity contribution in [2.75, 3.05) is 19.8 Å². The predicted octanol–water partition coefficient (Wildman–Crippen LogP) is 1.79. The lowest BCUT2D eigenvalue weighted by Crippen LogP contribution is -2.33. The van der Waals surface area contributed by atoms with Gasteiger partial charge in [0.15, 0.2) is 0 Å². The molecule has 2 heterocycles. The van der Waals surface area contributed by atoms with E-state index >= 15 is 0 Å². The first-order valence-corrected chi connectivity index (χ1v) is 7.14. The quantitative estimate of drug-likeness (QED) is 0.919. The SMILES string of the molecule is O[C@@H]1CO[C@H]2[C@@H]1OC[C@@H]2OCCc1cccc(C(F)(F)F)c1. The van der Waals surface area contributed by atoms with E-state index in [2.05, 4.69) is 0 Å². The highest BCUT2D eigenvalue weighted by atomic mass is 19.4. The molecule has 2 fully saturated rings. The molecule has 0 amide bonds. The second-order valence-electron chi connectivity index (χ2n) is 5.52. The highest BCUT2D eigenvalue weighted by Crippen LogP contribution is 2.30. The number of rotatable bonds is 4. The van der Waals surface area contributed by atoms with Crippen LogP contribution in [0.3, 0.4) is 0 Å². The molecule has 2 aliphatic rings. The van der Waals surface area contributed by atoms with Crippen LogP contribution in [-0.2, 0) is 26.8 Å². The molecular weight excluding hydrogens is 301 g/mol. The maximum atomic E-state index is 12.6. The summed E-state index contributed by atoms with van der Waals surface area (Å²) in [6.45, 7) is 0.829. The molecule has 0 aliphatic carbocycles. The van der Waals surface area contributed by atoms with E-state index in [4.69, 9.17) is 14.2 Å². The van der Waals surface area contributed by atoms with E-state index in [1.807, 2.05) is 0 Å². The van der Waals surface area contributed by atoms with Gasteiger partial charge in [0.05, 0.1) is 25.4 Å². The Hall–Kier alpha value is -1.15. The summed E-state index contributed by atoms with van der Waals surface area (Å²) in [6.07, 6.45) is -5.54. The van der Waals surface area contributed by atoms with Crippen molar-refractivity contribution in [1.82, 2.24) is 0 Å². The molecule has 22 heavy (non-hydrogen) atoms. The minimum absolute atomic E-state index is 0.225. The smallest absolute Gasteiger partial charge is 0.388 e. The Kier molecular flexibility index (Phi) is 4.40. The molecule has 4 atom stereocenters. The van der Waals surface area contributed by atoms with Gasteiger partial charge < -0.3 is 19.3 Å². The van der Waals surface area contributed by atoms with Crippen LogP contribution in [0.25, 0.3) is 0 Å². The first-order chi connectivity index (χ1) is 10.4. The second-order valence-corrected chi connectivity index (χ2v) is 5.52. The molecule has 0 aromatic heterocycles. The number of hydrogen-bond acceptors (Lipinski definition) is 4. The molecule has 1 N–H and O–H groups in total. The van der Waals surface area contributed by atoms with Gasteiger partial charge in [-0.25, -0.2) is 0 Å². The molecule has 0 spiro atoms. The van der Waals surface area contributed by atoms with Crippen LogP contribution < -0.4 is 0 Å². The third-order valence-electron chi connectivity index (χ3n) is 3.96. The zero-order valence-corrected chi connectivity index (χ0v) is 11.8. The summed E-state index contributed by atoms with van der Waals surface area (Å²) >= 11 is 0. The lowest BCUT2D eigenvalue weighted by molar-refractivity contribution is -0.137. The largest absolute Gasteiger partial charge is 0.416 e. The van der Waals surface area contributed by atoms with Gasteiger partial charge in [0.2, 0.25) is 0 Å². The number of halogens is 3. The van der Waals surface area contributed by atoms with Crippen LogP contribution in [0.4, 0.5) is 13.2 Å². The molecule has 0 saturated carbocycles. The van der Waals surface area contributed by atoms with E-state index in [9.17, 15) is 18.3 Å². The van der Waals surface area contributed by atoms with Crippen molar-refractivity contribution < 1.29 is 32.5 Å². The fourth-order valence-corrected chi connectivity index (χ4v) is 2.82. The second kappa shape index (κ2) is 6.16. The maximum Gasteiger partial charge on any atom is 0.416 e. The van der Waals surface area contributed by atoms with E-state index in [0.29, 0.717) is 18.6 Å². The van der Waals surface area contributed by atoms with Crippen molar-refractivity contribution >= 4 is 0 Å². The predicted molar refractivity (Wildman–Crippen MR) is 70.4 cm³/mol. The van der Waals surface area contributed by atoms with Crippen molar-refractivity contribution in [3.8, 4) is 0 Å². The summed E-state index contributed by atoms with van der Waals surface area (Å²) in [5, 5.41) is 9.62. The summed E-state index contributed by atoms with van der Waals surface area (Å²) in [4.78, 5) is 0. The van der Waals surface area contributed by atoms with Gasteiger partial charge in [-0.05, 0) is 18.1 Å². The van der Waals surface area contributed by atoms with Crippen LogP contribution >= 0.6 is 0 Å². The number of hydrogen-bond donors (Lipinski definition) is 1. The Morgan fingerprint density at radius 3 is 2.73 bits per heavy atom. The standard InChI is InChI=1S/C15H17F3O4/c16-15(17,18)10-3-1-2-9(6-10)4-5-20-12-8-22-13-11(19)7-21-14(12)13/h1-3,6,11-14,19H,4-5,7-8H2/t11-,12+,13-,14-/m1/s1. The van der Waals surface area contributed by atoms with Crippen molar-refractivity contribution in [2.45, 2.75) is 37.0 Å². The van der Waals surface area contributed by atoms with E-state index in [0.717, 1.165) is 12.1 Å². The van der Waals surface area contributed by atoms with Crippen LogP contribution in [0.5, 0.6) is 0 Å². The zero-order valence-electron chi connectivity index (χ0n) is 11.8. The van der Waals surface area contributed by atoms with E-state index < -0.39 is 17.8 Å². The van der Waals surface area contributed by atoms with Gasteiger partial charge in [0, 0.05) is 0 Å². The topological polar surface area (TPSA) is 47.9 Å². The van der Waals surface area contributed by atoms with Crippen LogP contribution in [0.15, 0.2) is 24.3 Å². The Bertz CT molecular complexity index is 520. The Labute approximate surface area is 125 Å². The van der Waals surface area contributed by atoms with E-state index in [1.54, 1.807) is 6.07 Å². The molecule has 0 radical (unpaired) electrons.